The van der Waals surface area contributed by atoms with E-state index < -0.39 is 0 Å². The summed E-state index contributed by atoms with van der Waals surface area (Å²) >= 11 is 0. The Morgan fingerprint density at radius 3 is 2.71 bits per heavy atom. The fraction of sp³-hybridized carbons (Fsp3) is 0.938. The molecule has 0 aromatic heterocycles. The third kappa shape index (κ3) is 7.14. The normalized spacial score (nSPS) is 21.8. The van der Waals surface area contributed by atoms with E-state index in [0.29, 0.717) is 5.96 Å². The quantitative estimate of drug-likeness (QED) is 0.405. The van der Waals surface area contributed by atoms with Gasteiger partial charge in [0.25, 0.3) is 0 Å². The molecule has 1 aliphatic carbocycles. The number of rotatable bonds is 8. The van der Waals surface area contributed by atoms with E-state index in [0.717, 1.165) is 58.3 Å². The molecule has 2 rings (SSSR count). The van der Waals surface area contributed by atoms with Crippen LogP contribution in [0.3, 0.4) is 0 Å². The van der Waals surface area contributed by atoms with Crippen LogP contribution in [0.2, 0.25) is 0 Å². The highest BCUT2D eigenvalue weighted by atomic mass is 16.5. The van der Waals surface area contributed by atoms with Gasteiger partial charge in [-0.3, -0.25) is 9.89 Å². The first kappa shape index (κ1) is 16.6. The van der Waals surface area contributed by atoms with Gasteiger partial charge in [-0.2, -0.15) is 0 Å². The fourth-order valence-electron chi connectivity index (χ4n) is 3.28. The molecule has 0 aromatic carbocycles. The summed E-state index contributed by atoms with van der Waals surface area (Å²) in [5.41, 5.74) is 5.89. The van der Waals surface area contributed by atoms with Crippen LogP contribution in [-0.2, 0) is 4.74 Å². The van der Waals surface area contributed by atoms with Gasteiger partial charge in [0.2, 0.25) is 0 Å². The third-order valence-corrected chi connectivity index (χ3v) is 4.59. The van der Waals surface area contributed by atoms with Crippen molar-refractivity contribution in [2.45, 2.75) is 44.9 Å². The minimum Gasteiger partial charge on any atom is -0.379 e. The lowest BCUT2D eigenvalue weighted by Gasteiger charge is -2.26. The Morgan fingerprint density at radius 2 is 1.95 bits per heavy atom. The van der Waals surface area contributed by atoms with Crippen LogP contribution in [0.25, 0.3) is 0 Å². The van der Waals surface area contributed by atoms with Gasteiger partial charge < -0.3 is 15.8 Å². The zero-order valence-electron chi connectivity index (χ0n) is 13.4. The molecule has 1 heterocycles. The summed E-state index contributed by atoms with van der Waals surface area (Å²) in [5.74, 6) is 1.59. The first-order chi connectivity index (χ1) is 10.3. The maximum absolute atomic E-state index is 5.89. The Hall–Kier alpha value is -0.810. The van der Waals surface area contributed by atoms with Crippen molar-refractivity contribution in [1.29, 1.82) is 0 Å². The molecule has 1 aliphatic heterocycles. The predicted molar refractivity (Wildman–Crippen MR) is 87.6 cm³/mol. The molecule has 122 valence electrons. The van der Waals surface area contributed by atoms with Crippen LogP contribution < -0.4 is 11.1 Å². The van der Waals surface area contributed by atoms with E-state index in [-0.39, 0.29) is 0 Å². The molecule has 0 atom stereocenters. The van der Waals surface area contributed by atoms with Gasteiger partial charge in [-0.25, -0.2) is 0 Å². The van der Waals surface area contributed by atoms with Crippen molar-refractivity contribution in [3.63, 3.8) is 0 Å². The maximum Gasteiger partial charge on any atom is 0.188 e. The minimum absolute atomic E-state index is 0.614. The zero-order chi connectivity index (χ0) is 14.8. The minimum atomic E-state index is 0.614. The van der Waals surface area contributed by atoms with Gasteiger partial charge in [-0.15, -0.1) is 0 Å². The molecule has 3 N–H and O–H groups in total. The van der Waals surface area contributed by atoms with Crippen molar-refractivity contribution in [1.82, 2.24) is 10.2 Å². The summed E-state index contributed by atoms with van der Waals surface area (Å²) in [6.07, 6.45) is 9.38. The predicted octanol–water partition coefficient (Wildman–Crippen LogP) is 1.58. The van der Waals surface area contributed by atoms with E-state index >= 15 is 0 Å². The molecule has 21 heavy (non-hydrogen) atoms. The van der Waals surface area contributed by atoms with Gasteiger partial charge >= 0.3 is 0 Å². The van der Waals surface area contributed by atoms with Crippen LogP contribution in [0.4, 0.5) is 0 Å². The van der Waals surface area contributed by atoms with Crippen LogP contribution in [-0.4, -0.2) is 56.8 Å². The molecule has 0 unspecified atom stereocenters. The Balaban J connectivity index is 1.44. The third-order valence-electron chi connectivity index (χ3n) is 4.59. The average Bonchev–Trinajstić information content (AvgIpc) is 3.02. The van der Waals surface area contributed by atoms with Gasteiger partial charge in [-0.05, 0) is 25.2 Å². The van der Waals surface area contributed by atoms with Crippen LogP contribution in [0, 0.1) is 5.92 Å². The van der Waals surface area contributed by atoms with E-state index in [9.17, 15) is 0 Å². The van der Waals surface area contributed by atoms with Crippen molar-refractivity contribution in [3.05, 3.63) is 0 Å². The number of hydrogen-bond donors (Lipinski definition) is 2. The molecule has 5 nitrogen and oxygen atoms in total. The Labute approximate surface area is 129 Å². The Morgan fingerprint density at radius 1 is 1.19 bits per heavy atom. The summed E-state index contributed by atoms with van der Waals surface area (Å²) < 4.78 is 5.34. The second-order valence-corrected chi connectivity index (χ2v) is 6.29. The van der Waals surface area contributed by atoms with Crippen molar-refractivity contribution in [2.75, 3.05) is 45.9 Å². The van der Waals surface area contributed by atoms with E-state index in [4.69, 9.17) is 10.5 Å². The smallest absolute Gasteiger partial charge is 0.188 e. The van der Waals surface area contributed by atoms with E-state index in [1.165, 1.54) is 38.5 Å². The lowest BCUT2D eigenvalue weighted by atomic mass is 10.0. The average molecular weight is 296 g/mol. The highest BCUT2D eigenvalue weighted by Crippen LogP contribution is 2.28. The van der Waals surface area contributed by atoms with Crippen LogP contribution in [0.5, 0.6) is 0 Å². The molecule has 2 aliphatic rings. The van der Waals surface area contributed by atoms with Crippen molar-refractivity contribution < 1.29 is 4.74 Å². The van der Waals surface area contributed by atoms with Crippen LogP contribution >= 0.6 is 0 Å². The monoisotopic (exact) mass is 296 g/mol. The summed E-state index contributed by atoms with van der Waals surface area (Å²) in [4.78, 5) is 6.84. The Bertz CT molecular complexity index is 297. The fourth-order valence-corrected chi connectivity index (χ4v) is 3.28. The van der Waals surface area contributed by atoms with Gasteiger partial charge in [0.1, 0.15) is 0 Å². The number of aliphatic imine (C=N–C) groups is 1. The van der Waals surface area contributed by atoms with Crippen LogP contribution in [0.1, 0.15) is 44.9 Å². The van der Waals surface area contributed by atoms with Gasteiger partial charge in [0.15, 0.2) is 5.96 Å². The van der Waals surface area contributed by atoms with Gasteiger partial charge in [0, 0.05) is 32.7 Å². The number of guanidine groups is 1. The molecule has 2 fully saturated rings. The standard InChI is InChI=1S/C16H32N4O/c17-16(18-8-3-7-15-5-1-2-6-15)19-9-4-10-20-11-13-21-14-12-20/h15H,1-14H2,(H3,17,18,19). The molecule has 1 saturated carbocycles. The molecule has 0 aromatic rings. The molecule has 0 bridgehead atoms. The number of hydrogen-bond acceptors (Lipinski definition) is 3. The lowest BCUT2D eigenvalue weighted by molar-refractivity contribution is 0.0377. The van der Waals surface area contributed by atoms with Gasteiger partial charge in [-0.1, -0.05) is 25.7 Å². The highest BCUT2D eigenvalue weighted by molar-refractivity contribution is 5.77. The molecule has 0 spiro atoms. The van der Waals surface area contributed by atoms with Gasteiger partial charge in [0.05, 0.1) is 13.2 Å². The van der Waals surface area contributed by atoms with E-state index in [1.54, 1.807) is 0 Å². The second kappa shape index (κ2) is 10.0. The van der Waals surface area contributed by atoms with Crippen LogP contribution in [0.15, 0.2) is 4.99 Å². The highest BCUT2D eigenvalue weighted by Gasteiger charge is 2.13. The molecule has 0 amide bonds. The number of ether oxygens (including phenoxy) is 1. The number of nitrogens with one attached hydrogen (secondary N) is 1. The molecule has 5 heteroatoms. The van der Waals surface area contributed by atoms with Crippen molar-refractivity contribution in [2.24, 2.45) is 16.6 Å². The first-order valence-electron chi connectivity index (χ1n) is 8.68. The summed E-state index contributed by atoms with van der Waals surface area (Å²) in [6, 6.07) is 0. The summed E-state index contributed by atoms with van der Waals surface area (Å²) in [5, 5.41) is 3.24. The molecular formula is C16H32N4O. The number of nitrogens with two attached hydrogens (primary N) is 1. The summed E-state index contributed by atoms with van der Waals surface area (Å²) in [7, 11) is 0. The largest absolute Gasteiger partial charge is 0.379 e. The first-order valence-corrected chi connectivity index (χ1v) is 8.68. The SMILES string of the molecule is NC(=NCCCN1CCOCC1)NCCCC1CCCC1. The van der Waals surface area contributed by atoms with Crippen molar-refractivity contribution in [3.8, 4) is 0 Å². The zero-order valence-corrected chi connectivity index (χ0v) is 13.4. The topological polar surface area (TPSA) is 62.9 Å². The van der Waals surface area contributed by atoms with E-state index in [1.807, 2.05) is 0 Å². The summed E-state index contributed by atoms with van der Waals surface area (Å²) in [6.45, 7) is 6.73. The number of morpholine rings is 1. The molecule has 1 saturated heterocycles. The molecule has 0 radical (unpaired) electrons. The second-order valence-electron chi connectivity index (χ2n) is 6.29. The number of nitrogens with zero attached hydrogens (tertiary/aromatic N) is 2. The van der Waals surface area contributed by atoms with Crippen molar-refractivity contribution >= 4 is 5.96 Å². The lowest BCUT2D eigenvalue weighted by Crippen LogP contribution is -2.37. The van der Waals surface area contributed by atoms with E-state index in [2.05, 4.69) is 15.2 Å². The maximum atomic E-state index is 5.89. The molecular weight excluding hydrogens is 264 g/mol. The Kier molecular flexibility index (Phi) is 7.89.